The molecule has 0 aliphatic carbocycles. The van der Waals surface area contributed by atoms with E-state index in [-0.39, 0.29) is 42.9 Å². The van der Waals surface area contributed by atoms with Gasteiger partial charge in [0.1, 0.15) is 6.04 Å². The van der Waals surface area contributed by atoms with Crippen LogP contribution < -0.4 is 5.32 Å². The molecule has 1 fully saturated rings. The van der Waals surface area contributed by atoms with Crippen molar-refractivity contribution < 1.29 is 27.2 Å². The monoisotopic (exact) mass is 410 g/mol. The Bertz CT molecular complexity index is 882. The van der Waals surface area contributed by atoms with Gasteiger partial charge in [-0.1, -0.05) is 25.1 Å². The first-order valence-electron chi connectivity index (χ1n) is 9.32. The van der Waals surface area contributed by atoms with E-state index in [1.165, 1.54) is 6.07 Å². The summed E-state index contributed by atoms with van der Waals surface area (Å²) < 4.78 is 43.9. The molecular formula is C19H21F3N4O3. The number of carbonyl (C=O) groups excluding carboxylic acids is 2. The van der Waals surface area contributed by atoms with E-state index < -0.39 is 17.8 Å². The van der Waals surface area contributed by atoms with Gasteiger partial charge in [0, 0.05) is 25.9 Å². The maximum absolute atomic E-state index is 12.8. The highest BCUT2D eigenvalue weighted by Crippen LogP contribution is 2.29. The highest BCUT2D eigenvalue weighted by atomic mass is 19.4. The van der Waals surface area contributed by atoms with Crippen molar-refractivity contribution in [2.45, 2.75) is 44.8 Å². The molecule has 156 valence electrons. The number of hydrogen-bond acceptors (Lipinski definition) is 5. The van der Waals surface area contributed by atoms with Crippen molar-refractivity contribution in [3.63, 3.8) is 0 Å². The van der Waals surface area contributed by atoms with Gasteiger partial charge in [0.15, 0.2) is 0 Å². The largest absolute Gasteiger partial charge is 0.425 e. The number of alkyl halides is 3. The van der Waals surface area contributed by atoms with E-state index in [0.29, 0.717) is 25.1 Å². The van der Waals surface area contributed by atoms with Crippen LogP contribution in [-0.2, 0) is 28.6 Å². The average molecular weight is 410 g/mol. The van der Waals surface area contributed by atoms with Crippen LogP contribution in [0.3, 0.4) is 0 Å². The van der Waals surface area contributed by atoms with Gasteiger partial charge in [0.25, 0.3) is 0 Å². The molecule has 1 atom stereocenters. The summed E-state index contributed by atoms with van der Waals surface area (Å²) in [5.74, 6) is 0.0722. The van der Waals surface area contributed by atoms with Crippen molar-refractivity contribution in [2.24, 2.45) is 0 Å². The number of aromatic nitrogens is 2. The molecule has 1 saturated heterocycles. The quantitative estimate of drug-likeness (QED) is 0.790. The van der Waals surface area contributed by atoms with Crippen LogP contribution in [0.2, 0.25) is 0 Å². The highest BCUT2D eigenvalue weighted by molar-refractivity contribution is 5.88. The third-order valence-electron chi connectivity index (χ3n) is 4.71. The Balaban J connectivity index is 1.58. The van der Waals surface area contributed by atoms with Crippen LogP contribution in [0.1, 0.15) is 42.7 Å². The predicted octanol–water partition coefficient (Wildman–Crippen LogP) is 2.35. The molecule has 1 aliphatic rings. The second-order valence-electron chi connectivity index (χ2n) is 6.77. The molecule has 0 radical (unpaired) electrons. The Morgan fingerprint density at radius 2 is 2.07 bits per heavy atom. The summed E-state index contributed by atoms with van der Waals surface area (Å²) in [6.07, 6.45) is -3.52. The first-order valence-corrected chi connectivity index (χ1v) is 9.32. The molecule has 0 unspecified atom stereocenters. The molecule has 1 N–H and O–H groups in total. The minimum atomic E-state index is -4.42. The lowest BCUT2D eigenvalue weighted by Gasteiger charge is -2.34. The zero-order chi connectivity index (χ0) is 21.0. The number of hydrogen-bond donors (Lipinski definition) is 1. The number of benzene rings is 1. The van der Waals surface area contributed by atoms with Gasteiger partial charge in [0.2, 0.25) is 23.6 Å². The summed E-state index contributed by atoms with van der Waals surface area (Å²) in [6, 6.07) is 4.44. The summed E-state index contributed by atoms with van der Waals surface area (Å²) in [5, 5.41) is 10.5. The zero-order valence-electron chi connectivity index (χ0n) is 15.8. The van der Waals surface area contributed by atoms with E-state index in [1.807, 2.05) is 6.92 Å². The van der Waals surface area contributed by atoms with E-state index in [9.17, 15) is 22.8 Å². The van der Waals surface area contributed by atoms with Gasteiger partial charge >= 0.3 is 6.18 Å². The second kappa shape index (κ2) is 8.62. The molecule has 1 aromatic heterocycles. The number of carbonyl (C=O) groups is 2. The fraction of sp³-hybridized carbons (Fsp3) is 0.474. The van der Waals surface area contributed by atoms with Crippen LogP contribution in [0.15, 0.2) is 28.7 Å². The van der Waals surface area contributed by atoms with Crippen molar-refractivity contribution in [3.05, 3.63) is 47.2 Å². The summed E-state index contributed by atoms with van der Waals surface area (Å²) in [5.41, 5.74) is -0.340. The maximum Gasteiger partial charge on any atom is 0.416 e. The number of aryl methyl sites for hydroxylation is 1. The second-order valence-corrected chi connectivity index (χ2v) is 6.77. The van der Waals surface area contributed by atoms with Crippen LogP contribution in [0.25, 0.3) is 0 Å². The SMILES string of the molecule is CC[C@H]1C(=O)NCCN1C(=O)CCc1nnc(Cc2cccc(C(F)(F)F)c2)o1. The van der Waals surface area contributed by atoms with Crippen molar-refractivity contribution in [1.82, 2.24) is 20.4 Å². The molecule has 0 spiro atoms. The number of nitrogens with zero attached hydrogens (tertiary/aromatic N) is 3. The summed E-state index contributed by atoms with van der Waals surface area (Å²) in [6.45, 7) is 2.71. The zero-order valence-corrected chi connectivity index (χ0v) is 15.8. The van der Waals surface area contributed by atoms with Crippen molar-refractivity contribution >= 4 is 11.8 Å². The van der Waals surface area contributed by atoms with E-state index in [2.05, 4.69) is 15.5 Å². The van der Waals surface area contributed by atoms with Crippen LogP contribution in [-0.4, -0.2) is 46.0 Å². The topological polar surface area (TPSA) is 88.3 Å². The fourth-order valence-corrected chi connectivity index (χ4v) is 3.27. The molecule has 7 nitrogen and oxygen atoms in total. The normalized spacial score (nSPS) is 17.3. The lowest BCUT2D eigenvalue weighted by molar-refractivity contribution is -0.143. The molecule has 0 saturated carbocycles. The van der Waals surface area contributed by atoms with Crippen molar-refractivity contribution in [2.75, 3.05) is 13.1 Å². The smallest absolute Gasteiger partial charge is 0.416 e. The van der Waals surface area contributed by atoms with Gasteiger partial charge < -0.3 is 14.6 Å². The number of amides is 2. The van der Waals surface area contributed by atoms with Crippen LogP contribution in [0.5, 0.6) is 0 Å². The molecule has 0 bridgehead atoms. The third kappa shape index (κ3) is 5.12. The molecule has 3 rings (SSSR count). The predicted molar refractivity (Wildman–Crippen MR) is 95.7 cm³/mol. The number of halogens is 3. The van der Waals surface area contributed by atoms with Crippen LogP contribution in [0, 0.1) is 0 Å². The highest BCUT2D eigenvalue weighted by Gasteiger charge is 2.32. The third-order valence-corrected chi connectivity index (χ3v) is 4.71. The molecule has 1 aliphatic heterocycles. The number of rotatable bonds is 6. The minimum Gasteiger partial charge on any atom is -0.425 e. The van der Waals surface area contributed by atoms with E-state index >= 15 is 0 Å². The van der Waals surface area contributed by atoms with Crippen LogP contribution >= 0.6 is 0 Å². The maximum atomic E-state index is 12.8. The Morgan fingerprint density at radius 1 is 1.31 bits per heavy atom. The van der Waals surface area contributed by atoms with Gasteiger partial charge in [-0.3, -0.25) is 9.59 Å². The molecule has 2 aromatic rings. The molecule has 2 heterocycles. The first-order chi connectivity index (χ1) is 13.8. The average Bonchev–Trinajstić information content (AvgIpc) is 3.12. The van der Waals surface area contributed by atoms with Gasteiger partial charge in [0.05, 0.1) is 12.0 Å². The lowest BCUT2D eigenvalue weighted by atomic mass is 10.1. The van der Waals surface area contributed by atoms with Gasteiger partial charge in [-0.25, -0.2) is 0 Å². The first kappa shape index (κ1) is 20.8. The van der Waals surface area contributed by atoms with Gasteiger partial charge in [-0.05, 0) is 18.1 Å². The summed E-state index contributed by atoms with van der Waals surface area (Å²) in [7, 11) is 0. The molecule has 2 amide bonds. The summed E-state index contributed by atoms with van der Waals surface area (Å²) in [4.78, 5) is 25.9. The van der Waals surface area contributed by atoms with E-state index in [0.717, 1.165) is 12.1 Å². The fourth-order valence-electron chi connectivity index (χ4n) is 3.27. The number of nitrogens with one attached hydrogen (secondary N) is 1. The molecule has 10 heteroatoms. The van der Waals surface area contributed by atoms with Gasteiger partial charge in [-0.15, -0.1) is 10.2 Å². The lowest BCUT2D eigenvalue weighted by Crippen LogP contribution is -2.56. The Morgan fingerprint density at radius 3 is 2.79 bits per heavy atom. The van der Waals surface area contributed by atoms with E-state index in [1.54, 1.807) is 11.0 Å². The van der Waals surface area contributed by atoms with Crippen LogP contribution in [0.4, 0.5) is 13.2 Å². The Kier molecular flexibility index (Phi) is 6.19. The molecule has 1 aromatic carbocycles. The Hall–Kier alpha value is -2.91. The number of piperazine rings is 1. The minimum absolute atomic E-state index is 0.0646. The standard InChI is InChI=1S/C19H21F3N4O3/c1-2-14-18(28)23-8-9-26(14)17(27)7-6-15-24-25-16(29-15)11-12-4-3-5-13(10-12)19(20,21)22/h3-5,10,14H,2,6-9,11H2,1H3,(H,23,28)/t14-/m0/s1. The molecule has 29 heavy (non-hydrogen) atoms. The Labute approximate surface area is 165 Å². The molecular weight excluding hydrogens is 389 g/mol. The van der Waals surface area contributed by atoms with Crippen molar-refractivity contribution in [3.8, 4) is 0 Å². The van der Waals surface area contributed by atoms with E-state index in [4.69, 9.17) is 4.42 Å². The summed E-state index contributed by atoms with van der Waals surface area (Å²) >= 11 is 0. The van der Waals surface area contributed by atoms with Gasteiger partial charge in [-0.2, -0.15) is 13.2 Å². The van der Waals surface area contributed by atoms with Crippen molar-refractivity contribution in [1.29, 1.82) is 0 Å².